The molecule has 206 valence electrons. The normalized spacial score (nSPS) is 20.4. The lowest BCUT2D eigenvalue weighted by Crippen LogP contribution is -2.41. The fourth-order valence-electron chi connectivity index (χ4n) is 6.39. The first-order valence-electron chi connectivity index (χ1n) is 14.0. The second kappa shape index (κ2) is 11.7. The summed E-state index contributed by atoms with van der Waals surface area (Å²) in [4.78, 5) is 29.7. The van der Waals surface area contributed by atoms with Crippen LogP contribution in [0, 0.1) is 23.6 Å². The zero-order chi connectivity index (χ0) is 28.4. The van der Waals surface area contributed by atoms with Crippen LogP contribution in [0.15, 0.2) is 72.8 Å². The molecule has 2 saturated carbocycles. The summed E-state index contributed by atoms with van der Waals surface area (Å²) in [5.41, 5.74) is 5.31. The van der Waals surface area contributed by atoms with Crippen LogP contribution in [0.25, 0.3) is 17.2 Å². The van der Waals surface area contributed by atoms with Crippen LogP contribution in [-0.4, -0.2) is 40.9 Å². The van der Waals surface area contributed by atoms with Crippen LogP contribution in [0.2, 0.25) is 0 Å². The quantitative estimate of drug-likeness (QED) is 0.205. The molecule has 2 unspecified atom stereocenters. The number of rotatable bonds is 8. The van der Waals surface area contributed by atoms with Crippen LogP contribution < -0.4 is 9.80 Å². The van der Waals surface area contributed by atoms with Gasteiger partial charge < -0.3 is 14.5 Å². The Kier molecular flexibility index (Phi) is 8.10. The van der Waals surface area contributed by atoms with Crippen LogP contribution >= 0.6 is 0 Å². The van der Waals surface area contributed by atoms with Crippen LogP contribution in [0.4, 0.5) is 15.8 Å². The molecule has 2 aliphatic carbocycles. The Morgan fingerprint density at radius 3 is 2.20 bits per heavy atom. The number of benzene rings is 3. The maximum Gasteiger partial charge on any atom is 0.330 e. The maximum absolute atomic E-state index is 14.9. The number of hydrogen-bond donors (Lipinski definition) is 0. The van der Waals surface area contributed by atoms with E-state index in [1.165, 1.54) is 37.8 Å². The van der Waals surface area contributed by atoms with Crippen molar-refractivity contribution in [2.24, 2.45) is 17.8 Å². The first-order valence-corrected chi connectivity index (χ1v) is 14.0. The molecule has 7 heteroatoms. The van der Waals surface area contributed by atoms with Crippen molar-refractivity contribution in [3.63, 3.8) is 0 Å². The molecule has 0 radical (unpaired) electrons. The van der Waals surface area contributed by atoms with E-state index in [9.17, 15) is 14.0 Å². The molecule has 4 atom stereocenters. The Hall–Kier alpha value is -3.87. The van der Waals surface area contributed by atoms with Gasteiger partial charge in [-0.15, -0.1) is 0 Å². The Balaban J connectivity index is 1.47. The average Bonchev–Trinajstić information content (AvgIpc) is 3.60. The standard InChI is InChI=1S/C33H36BFN2O3/c1-36(2)28-13-11-24(12-14-28)23-7-9-25(10-8-23)32(34)37(33(39)30-19-21-4-6-26(30)16-21)29-18-22(17-27(35)20-29)5-15-31(38)40-3/h5,7-15,17-18,20-21,26,30,32H,4,6,16,19,34H2,1-3H3/b15-5+/t21-,26+,30?,32?/m0/s1. The second-order valence-corrected chi connectivity index (χ2v) is 11.3. The van der Waals surface area contributed by atoms with Crippen molar-refractivity contribution < 1.29 is 18.7 Å². The van der Waals surface area contributed by atoms with E-state index in [1.807, 2.05) is 21.9 Å². The van der Waals surface area contributed by atoms with Crippen LogP contribution in [0.3, 0.4) is 0 Å². The molecule has 2 aliphatic rings. The molecule has 2 fully saturated rings. The topological polar surface area (TPSA) is 49.9 Å². The lowest BCUT2D eigenvalue weighted by Gasteiger charge is -2.35. The van der Waals surface area contributed by atoms with Gasteiger partial charge in [-0.2, -0.15) is 0 Å². The number of carbonyl (C=O) groups is 2. The van der Waals surface area contributed by atoms with Crippen molar-refractivity contribution in [2.45, 2.75) is 31.6 Å². The lowest BCUT2D eigenvalue weighted by molar-refractivity contribution is -0.134. The van der Waals surface area contributed by atoms with E-state index in [-0.39, 0.29) is 17.8 Å². The Bertz CT molecular complexity index is 1400. The first kappa shape index (κ1) is 27.7. The molecule has 5 nitrogen and oxygen atoms in total. The minimum absolute atomic E-state index is 0.0481. The van der Waals surface area contributed by atoms with Crippen LogP contribution in [0.1, 0.15) is 42.8 Å². The first-order chi connectivity index (χ1) is 19.2. The van der Waals surface area contributed by atoms with Gasteiger partial charge >= 0.3 is 5.97 Å². The zero-order valence-electron chi connectivity index (χ0n) is 23.6. The van der Waals surface area contributed by atoms with Crippen molar-refractivity contribution in [3.05, 3.63) is 89.8 Å². The third-order valence-corrected chi connectivity index (χ3v) is 8.59. The minimum atomic E-state index is -0.523. The van der Waals surface area contributed by atoms with Gasteiger partial charge in [0.05, 0.1) is 7.11 Å². The van der Waals surface area contributed by atoms with Crippen LogP contribution in [-0.2, 0) is 14.3 Å². The van der Waals surface area contributed by atoms with E-state index < -0.39 is 11.8 Å². The summed E-state index contributed by atoms with van der Waals surface area (Å²) in [5.74, 6) is -0.282. The van der Waals surface area contributed by atoms with E-state index in [0.29, 0.717) is 23.1 Å². The summed E-state index contributed by atoms with van der Waals surface area (Å²) in [5, 5.41) is 0. The fourth-order valence-corrected chi connectivity index (χ4v) is 6.39. The molecule has 0 heterocycles. The summed E-state index contributed by atoms with van der Waals surface area (Å²) in [6, 6.07) is 21.2. The highest BCUT2D eigenvalue weighted by atomic mass is 19.1. The molecule has 5 rings (SSSR count). The minimum Gasteiger partial charge on any atom is -0.466 e. The molecular formula is C33H36BFN2O3. The number of halogens is 1. The van der Waals surface area contributed by atoms with Crippen LogP contribution in [0.5, 0.6) is 0 Å². The number of amides is 1. The predicted octanol–water partition coefficient (Wildman–Crippen LogP) is 5.85. The molecule has 2 bridgehead atoms. The van der Waals surface area contributed by atoms with Gasteiger partial charge in [-0.25, -0.2) is 9.18 Å². The summed E-state index contributed by atoms with van der Waals surface area (Å²) in [7, 11) is 7.34. The zero-order valence-corrected chi connectivity index (χ0v) is 23.6. The summed E-state index contributed by atoms with van der Waals surface area (Å²) >= 11 is 0. The lowest BCUT2D eigenvalue weighted by atomic mass is 9.82. The SMILES string of the molecule is BC(c1ccc(-c2ccc(N(C)C)cc2)cc1)N(C(=O)C1C[C@H]2CC[C@@H]1C2)c1cc(F)cc(/C=C/C(=O)OC)c1. The number of ether oxygens (including phenoxy) is 1. The van der Waals surface area contributed by atoms with E-state index in [1.54, 1.807) is 11.0 Å². The third kappa shape index (κ3) is 5.84. The second-order valence-electron chi connectivity index (χ2n) is 11.3. The van der Waals surface area contributed by atoms with E-state index in [0.717, 1.165) is 41.6 Å². The van der Waals surface area contributed by atoms with Gasteiger partial charge in [0, 0.05) is 43.4 Å². The number of methoxy groups -OCH3 is 1. The Labute approximate surface area is 237 Å². The highest BCUT2D eigenvalue weighted by Gasteiger charge is 2.45. The molecule has 0 aliphatic heterocycles. The van der Waals surface area contributed by atoms with Crippen molar-refractivity contribution >= 4 is 37.2 Å². The van der Waals surface area contributed by atoms with Crippen molar-refractivity contribution in [1.82, 2.24) is 0 Å². The molecule has 3 aromatic carbocycles. The largest absolute Gasteiger partial charge is 0.466 e. The van der Waals surface area contributed by atoms with E-state index in [2.05, 4.69) is 58.2 Å². The highest BCUT2D eigenvalue weighted by molar-refractivity contribution is 6.18. The van der Waals surface area contributed by atoms with Gasteiger partial charge in [0.1, 0.15) is 13.7 Å². The molecular weight excluding hydrogens is 502 g/mol. The summed E-state index contributed by atoms with van der Waals surface area (Å²) in [6.07, 6.45) is 7.06. The Morgan fingerprint density at radius 2 is 1.62 bits per heavy atom. The van der Waals surface area contributed by atoms with Gasteiger partial charge in [-0.1, -0.05) is 42.8 Å². The maximum atomic E-state index is 14.9. The highest BCUT2D eigenvalue weighted by Crippen LogP contribution is 2.49. The smallest absolute Gasteiger partial charge is 0.330 e. The number of nitrogens with zero attached hydrogens (tertiary/aromatic N) is 2. The molecule has 0 aromatic heterocycles. The molecule has 40 heavy (non-hydrogen) atoms. The fraction of sp³-hybridized carbons (Fsp3) is 0.333. The monoisotopic (exact) mass is 538 g/mol. The molecule has 0 spiro atoms. The van der Waals surface area contributed by atoms with Gasteiger partial charge in [0.25, 0.3) is 0 Å². The molecule has 1 amide bonds. The van der Waals surface area contributed by atoms with E-state index in [4.69, 9.17) is 0 Å². The third-order valence-electron chi connectivity index (χ3n) is 8.59. The predicted molar refractivity (Wildman–Crippen MR) is 161 cm³/mol. The van der Waals surface area contributed by atoms with Crippen molar-refractivity contribution in [1.29, 1.82) is 0 Å². The van der Waals surface area contributed by atoms with Crippen molar-refractivity contribution in [3.8, 4) is 11.1 Å². The van der Waals surface area contributed by atoms with Gasteiger partial charge in [0.15, 0.2) is 0 Å². The number of esters is 1. The summed E-state index contributed by atoms with van der Waals surface area (Å²) in [6.45, 7) is 0. The number of carbonyl (C=O) groups excluding carboxylic acids is 2. The Morgan fingerprint density at radius 1 is 0.950 bits per heavy atom. The summed E-state index contributed by atoms with van der Waals surface area (Å²) < 4.78 is 19.6. The molecule has 0 N–H and O–H groups in total. The number of anilines is 2. The average molecular weight is 538 g/mol. The molecule has 0 saturated heterocycles. The van der Waals surface area contributed by atoms with Gasteiger partial charge in [-0.05, 0) is 89.8 Å². The van der Waals surface area contributed by atoms with Crippen molar-refractivity contribution in [2.75, 3.05) is 31.0 Å². The molecule has 3 aromatic rings. The number of fused-ring (bicyclic) bond motifs is 2. The van der Waals surface area contributed by atoms with E-state index >= 15 is 0 Å². The number of hydrogen-bond acceptors (Lipinski definition) is 4. The van der Waals surface area contributed by atoms with Gasteiger partial charge in [-0.3, -0.25) is 4.79 Å². The van der Waals surface area contributed by atoms with Gasteiger partial charge in [0.2, 0.25) is 5.91 Å².